The third kappa shape index (κ3) is 20.2. The number of ether oxygens (including phenoxy) is 2. The van der Waals surface area contributed by atoms with E-state index in [9.17, 15) is 19.6 Å². The maximum Gasteiger partial charge on any atom is 0.309 e. The monoisotopic (exact) mass is 746 g/mol. The third-order valence-electron chi connectivity index (χ3n) is 8.77. The molecule has 0 aliphatic carbocycles. The second-order valence-electron chi connectivity index (χ2n) is 13.6. The van der Waals surface area contributed by atoms with E-state index in [4.69, 9.17) is 9.47 Å². The summed E-state index contributed by atoms with van der Waals surface area (Å²) in [7, 11) is 0. The van der Waals surface area contributed by atoms with Crippen LogP contribution in [0.15, 0.2) is 121 Å². The lowest BCUT2D eigenvalue weighted by atomic mass is 9.96. The van der Waals surface area contributed by atoms with Gasteiger partial charge in [0, 0.05) is 19.0 Å². The van der Waals surface area contributed by atoms with Crippen LogP contribution in [-0.4, -0.2) is 42.0 Å². The first kappa shape index (κ1) is 45.9. The normalized spacial score (nSPS) is 12.5. The molecule has 2 rings (SSSR count). The van der Waals surface area contributed by atoms with Crippen molar-refractivity contribution in [1.29, 1.82) is 5.26 Å². The van der Waals surface area contributed by atoms with Gasteiger partial charge >= 0.3 is 11.9 Å². The van der Waals surface area contributed by atoms with Gasteiger partial charge < -0.3 is 14.4 Å². The molecule has 0 saturated heterocycles. The number of benzene rings is 2. The number of nitrogens with zero attached hydrogens (tertiary/aromatic N) is 2. The largest absolute Gasteiger partial charge is 0.462 e. The molecule has 0 heterocycles. The molecule has 0 unspecified atom stereocenters. The molecule has 1 amide bonds. The summed E-state index contributed by atoms with van der Waals surface area (Å²) in [5.41, 5.74) is 3.31. The van der Waals surface area contributed by atoms with E-state index in [-0.39, 0.29) is 49.9 Å². The molecule has 7 heteroatoms. The van der Waals surface area contributed by atoms with E-state index in [2.05, 4.69) is 73.8 Å². The first-order chi connectivity index (χ1) is 26.8. The van der Waals surface area contributed by atoms with Crippen LogP contribution in [0.25, 0.3) is 11.1 Å². The SMILES string of the molecule is CC/C=C\C/C=C\C/C=C\C/C=C\C/C=C\C/C=C\CC(=O)OCCOC(=O)C[C@H](C(C)C)N(Cc1ccc(-c2ccccc2C#N)cc1)C(=O)CCCC. The van der Waals surface area contributed by atoms with Crippen molar-refractivity contribution < 1.29 is 23.9 Å². The van der Waals surface area contributed by atoms with Gasteiger partial charge in [-0.15, -0.1) is 0 Å². The third-order valence-corrected chi connectivity index (χ3v) is 8.77. The van der Waals surface area contributed by atoms with Crippen molar-refractivity contribution in [2.24, 2.45) is 5.92 Å². The van der Waals surface area contributed by atoms with Gasteiger partial charge in [0.2, 0.25) is 5.91 Å². The van der Waals surface area contributed by atoms with E-state index >= 15 is 0 Å². The highest BCUT2D eigenvalue weighted by atomic mass is 16.6. The lowest BCUT2D eigenvalue weighted by molar-refractivity contribution is -0.153. The minimum atomic E-state index is -0.441. The lowest BCUT2D eigenvalue weighted by Gasteiger charge is -2.34. The molecule has 0 N–H and O–H groups in total. The molecular formula is C48H62N2O5. The van der Waals surface area contributed by atoms with E-state index < -0.39 is 5.97 Å². The van der Waals surface area contributed by atoms with E-state index in [1.54, 1.807) is 17.0 Å². The van der Waals surface area contributed by atoms with Crippen molar-refractivity contribution in [3.63, 3.8) is 0 Å². The molecule has 2 aromatic carbocycles. The van der Waals surface area contributed by atoms with Crippen LogP contribution in [0.2, 0.25) is 0 Å². The predicted octanol–water partition coefficient (Wildman–Crippen LogP) is 11.3. The molecule has 0 spiro atoms. The van der Waals surface area contributed by atoms with Gasteiger partial charge in [0.1, 0.15) is 13.2 Å². The summed E-state index contributed by atoms with van der Waals surface area (Å²) in [6.45, 7) is 8.46. The topological polar surface area (TPSA) is 96.7 Å². The van der Waals surface area contributed by atoms with Crippen molar-refractivity contribution in [2.45, 2.75) is 111 Å². The number of hydrogen-bond acceptors (Lipinski definition) is 6. The van der Waals surface area contributed by atoms with Crippen LogP contribution >= 0.6 is 0 Å². The summed E-state index contributed by atoms with van der Waals surface area (Å²) in [5, 5.41) is 9.52. The number of rotatable bonds is 26. The summed E-state index contributed by atoms with van der Waals surface area (Å²) >= 11 is 0. The van der Waals surface area contributed by atoms with Gasteiger partial charge in [-0.05, 0) is 73.6 Å². The van der Waals surface area contributed by atoms with E-state index in [1.807, 2.05) is 69.3 Å². The number of nitriles is 1. The van der Waals surface area contributed by atoms with Crippen LogP contribution < -0.4 is 0 Å². The number of allylic oxidation sites excluding steroid dienone is 11. The molecular weight excluding hydrogens is 685 g/mol. The summed E-state index contributed by atoms with van der Waals surface area (Å²) in [6, 6.07) is 17.2. The zero-order chi connectivity index (χ0) is 39.9. The molecule has 0 radical (unpaired) electrons. The van der Waals surface area contributed by atoms with Crippen molar-refractivity contribution in [3.8, 4) is 17.2 Å². The first-order valence-electron chi connectivity index (χ1n) is 19.9. The highest BCUT2D eigenvalue weighted by molar-refractivity contribution is 5.78. The van der Waals surface area contributed by atoms with Gasteiger partial charge in [0.25, 0.3) is 0 Å². The maximum atomic E-state index is 13.5. The predicted molar refractivity (Wildman–Crippen MR) is 225 cm³/mol. The van der Waals surface area contributed by atoms with Crippen LogP contribution in [0.1, 0.15) is 109 Å². The Balaban J connectivity index is 1.75. The molecule has 0 aliphatic rings. The molecule has 7 nitrogen and oxygen atoms in total. The minimum Gasteiger partial charge on any atom is -0.462 e. The quantitative estimate of drug-likeness (QED) is 0.0540. The van der Waals surface area contributed by atoms with Crippen molar-refractivity contribution >= 4 is 17.8 Å². The first-order valence-corrected chi connectivity index (χ1v) is 19.9. The number of carbonyl (C=O) groups is 3. The van der Waals surface area contributed by atoms with Gasteiger partial charge in [-0.3, -0.25) is 14.4 Å². The highest BCUT2D eigenvalue weighted by Crippen LogP contribution is 2.26. The van der Waals surface area contributed by atoms with Crippen LogP contribution in [-0.2, 0) is 30.4 Å². The summed E-state index contributed by atoms with van der Waals surface area (Å²) < 4.78 is 10.7. The summed E-state index contributed by atoms with van der Waals surface area (Å²) in [4.78, 5) is 40.4. The average molecular weight is 747 g/mol. The Labute approximate surface area is 330 Å². The van der Waals surface area contributed by atoms with Crippen LogP contribution in [0.5, 0.6) is 0 Å². The fourth-order valence-electron chi connectivity index (χ4n) is 5.69. The minimum absolute atomic E-state index is 0.000807. The zero-order valence-electron chi connectivity index (χ0n) is 33.5. The zero-order valence-corrected chi connectivity index (χ0v) is 33.5. The van der Waals surface area contributed by atoms with Gasteiger partial charge in [-0.1, -0.05) is 149 Å². The Morgan fingerprint density at radius 1 is 0.709 bits per heavy atom. The fourth-order valence-corrected chi connectivity index (χ4v) is 5.69. The van der Waals surface area contributed by atoms with Crippen molar-refractivity contribution in [2.75, 3.05) is 13.2 Å². The number of esters is 2. The molecule has 0 bridgehead atoms. The van der Waals surface area contributed by atoms with Crippen molar-refractivity contribution in [1.82, 2.24) is 4.90 Å². The maximum absolute atomic E-state index is 13.5. The molecule has 1 atom stereocenters. The Hall–Kier alpha value is -5.22. The summed E-state index contributed by atoms with van der Waals surface area (Å²) in [5.74, 6) is -0.830. The van der Waals surface area contributed by atoms with Crippen molar-refractivity contribution in [3.05, 3.63) is 133 Å². The van der Waals surface area contributed by atoms with Gasteiger partial charge in [-0.2, -0.15) is 5.26 Å². The molecule has 0 aromatic heterocycles. The fraction of sp³-hybridized carbons (Fsp3) is 0.417. The molecule has 0 aliphatic heterocycles. The van der Waals surface area contributed by atoms with Crippen LogP contribution in [0, 0.1) is 17.2 Å². The second kappa shape index (κ2) is 29.2. The Morgan fingerprint density at radius 3 is 1.76 bits per heavy atom. The molecule has 2 aromatic rings. The van der Waals surface area contributed by atoms with Gasteiger partial charge in [-0.25, -0.2) is 0 Å². The molecule has 0 saturated carbocycles. The number of carbonyl (C=O) groups excluding carboxylic acids is 3. The summed E-state index contributed by atoms with van der Waals surface area (Å²) in [6.07, 6.45) is 33.1. The average Bonchev–Trinajstić information content (AvgIpc) is 3.19. The van der Waals surface area contributed by atoms with E-state index in [0.717, 1.165) is 68.1 Å². The number of amides is 1. The highest BCUT2D eigenvalue weighted by Gasteiger charge is 2.29. The van der Waals surface area contributed by atoms with E-state index in [0.29, 0.717) is 18.5 Å². The molecule has 0 fully saturated rings. The lowest BCUT2D eigenvalue weighted by Crippen LogP contribution is -2.44. The van der Waals surface area contributed by atoms with Crippen LogP contribution in [0.4, 0.5) is 0 Å². The van der Waals surface area contributed by atoms with Gasteiger partial charge in [0.15, 0.2) is 0 Å². The Morgan fingerprint density at radius 2 is 1.24 bits per heavy atom. The second-order valence-corrected chi connectivity index (χ2v) is 13.6. The van der Waals surface area contributed by atoms with Gasteiger partial charge in [0.05, 0.1) is 24.5 Å². The van der Waals surface area contributed by atoms with E-state index in [1.165, 1.54) is 0 Å². The number of unbranched alkanes of at least 4 members (excludes halogenated alkanes) is 1. The van der Waals surface area contributed by atoms with Crippen LogP contribution in [0.3, 0.4) is 0 Å². The standard InChI is InChI=1S/C48H62N2O5/c1-5-7-9-10-11-12-13-14-15-16-17-18-19-20-21-22-23-24-30-47(52)54-35-36-55-48(53)37-45(40(3)4)50(46(51)29-8-6-2)39-41-31-33-42(34-32-41)44-28-26-25-27-43(44)38-49/h7,9,11-12,14-15,17-18,20-21,23-28,31-34,40,45H,5-6,8,10,13,16,19,22,29-30,35-37,39H2,1-4H3/b9-7-,12-11-,15-14-,18-17-,21-20-,24-23-/t45-/m1/s1. The smallest absolute Gasteiger partial charge is 0.309 e. The molecule has 294 valence electrons. The Bertz CT molecular complexity index is 1640. The number of hydrogen-bond donors (Lipinski definition) is 0. The molecule has 55 heavy (non-hydrogen) atoms. The Kier molecular flexibility index (Phi) is 24.4.